The van der Waals surface area contributed by atoms with E-state index in [1.54, 1.807) is 36.4 Å². The van der Waals surface area contributed by atoms with Crippen molar-refractivity contribution in [1.29, 1.82) is 0 Å². The number of primary amides is 1. The maximum Gasteiger partial charge on any atom is 0.258 e. The van der Waals surface area contributed by atoms with Gasteiger partial charge in [0.05, 0.1) is 37.4 Å². The number of sulfonamides is 1. The minimum atomic E-state index is -3.80. The van der Waals surface area contributed by atoms with Crippen LogP contribution in [0.2, 0.25) is 0 Å². The van der Waals surface area contributed by atoms with Crippen molar-refractivity contribution in [3.63, 3.8) is 0 Å². The van der Waals surface area contributed by atoms with E-state index in [0.717, 1.165) is 10.6 Å². The van der Waals surface area contributed by atoms with Crippen molar-refractivity contribution in [2.24, 2.45) is 5.73 Å². The van der Waals surface area contributed by atoms with Crippen LogP contribution in [0.3, 0.4) is 0 Å². The summed E-state index contributed by atoms with van der Waals surface area (Å²) in [4.78, 5) is 24.8. The van der Waals surface area contributed by atoms with Gasteiger partial charge < -0.3 is 25.8 Å². The average molecular weight is 503 g/mol. The van der Waals surface area contributed by atoms with Crippen molar-refractivity contribution in [3.05, 3.63) is 47.7 Å². The van der Waals surface area contributed by atoms with Crippen molar-refractivity contribution in [1.82, 2.24) is 0 Å². The van der Waals surface area contributed by atoms with E-state index in [1.165, 1.54) is 28.1 Å². The molecule has 1 heterocycles. The molecule has 188 valence electrons. The summed E-state index contributed by atoms with van der Waals surface area (Å²) in [5.41, 5.74) is 7.34. The van der Waals surface area contributed by atoms with Crippen molar-refractivity contribution >= 4 is 44.5 Å². The molecule has 0 saturated heterocycles. The maximum atomic E-state index is 12.8. The van der Waals surface area contributed by atoms with Crippen molar-refractivity contribution in [3.8, 4) is 11.5 Å². The number of nitrogens with two attached hydrogens (primary N) is 1. The highest BCUT2D eigenvalue weighted by atomic mass is 32.2. The normalized spacial score (nSPS) is 14.6. The second kappa shape index (κ2) is 9.49. The number of amides is 2. The van der Waals surface area contributed by atoms with Crippen molar-refractivity contribution in [2.75, 3.05) is 35.4 Å². The van der Waals surface area contributed by atoms with Crippen LogP contribution in [-0.4, -0.2) is 46.2 Å². The van der Waals surface area contributed by atoms with Gasteiger partial charge in [0.25, 0.3) is 5.91 Å². The van der Waals surface area contributed by atoms with Crippen LogP contribution in [0.4, 0.5) is 17.1 Å². The van der Waals surface area contributed by atoms with Crippen molar-refractivity contribution in [2.45, 2.75) is 32.7 Å². The Labute approximate surface area is 205 Å². The summed E-state index contributed by atoms with van der Waals surface area (Å²) < 4.78 is 36.6. The first kappa shape index (κ1) is 25.9. The maximum absolute atomic E-state index is 12.8. The predicted octanol–water partition coefficient (Wildman–Crippen LogP) is 2.92. The molecule has 0 spiro atoms. The lowest BCUT2D eigenvalue weighted by molar-refractivity contribution is -0.121. The van der Waals surface area contributed by atoms with E-state index in [-0.39, 0.29) is 11.6 Å². The van der Waals surface area contributed by atoms with Gasteiger partial charge in [-0.25, -0.2) is 8.42 Å². The van der Waals surface area contributed by atoms with Crippen LogP contribution in [0.5, 0.6) is 11.5 Å². The van der Waals surface area contributed by atoms with Gasteiger partial charge in [-0.2, -0.15) is 0 Å². The van der Waals surface area contributed by atoms with Gasteiger partial charge in [-0.1, -0.05) is 6.92 Å². The Kier molecular flexibility index (Phi) is 7.02. The van der Waals surface area contributed by atoms with Gasteiger partial charge in [0, 0.05) is 23.0 Å². The van der Waals surface area contributed by atoms with E-state index >= 15 is 0 Å². The molecule has 2 aromatic rings. The lowest BCUT2D eigenvalue weighted by atomic mass is 10.0. The number of carbonyl (C=O) groups excluding carboxylic acids is 2. The number of fused-ring (bicyclic) bond motifs is 1. The molecular formula is C24H30N4O6S. The number of hydrogen-bond acceptors (Lipinski definition) is 7. The molecule has 0 aromatic heterocycles. The smallest absolute Gasteiger partial charge is 0.258 e. The summed E-state index contributed by atoms with van der Waals surface area (Å²) in [7, 11) is -0.751. The van der Waals surface area contributed by atoms with Crippen LogP contribution in [0.15, 0.2) is 42.1 Å². The van der Waals surface area contributed by atoms with Crippen LogP contribution in [-0.2, 0) is 19.6 Å². The lowest BCUT2D eigenvalue weighted by Gasteiger charge is -2.35. The molecule has 2 aromatic carbocycles. The summed E-state index contributed by atoms with van der Waals surface area (Å²) in [5, 5.41) is 6.11. The number of nitrogens with zero attached hydrogens (tertiary/aromatic N) is 1. The zero-order chi connectivity index (χ0) is 26.1. The molecule has 1 aliphatic heterocycles. The number of carbonyl (C=O) groups is 2. The number of benzene rings is 2. The fraction of sp³-hybridized carbons (Fsp3) is 0.333. The van der Waals surface area contributed by atoms with Crippen LogP contribution in [0, 0.1) is 0 Å². The highest BCUT2D eigenvalue weighted by molar-refractivity contribution is 7.92. The standard InChI is InChI=1S/C24H30N4O6S/c1-7-17(21-16-12-19(33-4)20(34-5)13-18(16)27-22(21)29)26-14-8-10-15(11-9-14)28(35(6,31)32)24(2,3)23(25)30/h8-13,26H,7H2,1-6H3,(H2,25,30)(H,27,29)/b21-17-. The minimum Gasteiger partial charge on any atom is -0.493 e. The zero-order valence-corrected chi connectivity index (χ0v) is 21.4. The number of methoxy groups -OCH3 is 2. The Morgan fingerprint density at radius 2 is 1.69 bits per heavy atom. The Morgan fingerprint density at radius 3 is 2.17 bits per heavy atom. The number of allylic oxidation sites excluding steroid dienone is 1. The first-order valence-electron chi connectivity index (χ1n) is 10.8. The Bertz CT molecular complexity index is 1300. The molecule has 3 rings (SSSR count). The second-order valence-electron chi connectivity index (χ2n) is 8.54. The molecule has 11 heteroatoms. The quantitative estimate of drug-likeness (QED) is 0.448. The van der Waals surface area contributed by atoms with Gasteiger partial charge in [0.15, 0.2) is 11.5 Å². The van der Waals surface area contributed by atoms with E-state index in [0.29, 0.717) is 46.1 Å². The average Bonchev–Trinajstić information content (AvgIpc) is 3.10. The number of anilines is 3. The van der Waals surface area contributed by atoms with E-state index in [1.807, 2.05) is 6.92 Å². The molecule has 0 bridgehead atoms. The molecule has 0 fully saturated rings. The second-order valence-corrected chi connectivity index (χ2v) is 10.4. The molecule has 0 atom stereocenters. The van der Waals surface area contributed by atoms with Gasteiger partial charge in [-0.05, 0) is 50.6 Å². The van der Waals surface area contributed by atoms with Gasteiger partial charge in [-0.3, -0.25) is 13.9 Å². The molecule has 10 nitrogen and oxygen atoms in total. The monoisotopic (exact) mass is 502 g/mol. The summed E-state index contributed by atoms with van der Waals surface area (Å²) in [6.07, 6.45) is 1.53. The van der Waals surface area contributed by atoms with Gasteiger partial charge in [0.2, 0.25) is 15.9 Å². The molecule has 0 unspecified atom stereocenters. The third-order valence-electron chi connectivity index (χ3n) is 5.76. The Balaban J connectivity index is 2.01. The molecule has 2 amide bonds. The Hall–Kier alpha value is -3.73. The minimum absolute atomic E-state index is 0.261. The number of hydrogen-bond donors (Lipinski definition) is 3. The summed E-state index contributed by atoms with van der Waals surface area (Å²) in [6, 6.07) is 9.94. The van der Waals surface area contributed by atoms with Gasteiger partial charge >= 0.3 is 0 Å². The first-order valence-corrected chi connectivity index (χ1v) is 12.7. The number of nitrogens with one attached hydrogen (secondary N) is 2. The number of ether oxygens (including phenoxy) is 2. The Morgan fingerprint density at radius 1 is 1.11 bits per heavy atom. The largest absolute Gasteiger partial charge is 0.493 e. The molecule has 0 saturated carbocycles. The molecule has 0 radical (unpaired) electrons. The fourth-order valence-electron chi connectivity index (χ4n) is 4.01. The molecule has 1 aliphatic rings. The third-order valence-corrected chi connectivity index (χ3v) is 7.09. The first-order chi connectivity index (χ1) is 16.3. The molecular weight excluding hydrogens is 472 g/mol. The summed E-state index contributed by atoms with van der Waals surface area (Å²) in [5.74, 6) is -0.0365. The van der Waals surface area contributed by atoms with E-state index in [4.69, 9.17) is 15.2 Å². The van der Waals surface area contributed by atoms with E-state index in [2.05, 4.69) is 10.6 Å². The van der Waals surface area contributed by atoms with Crippen LogP contribution >= 0.6 is 0 Å². The zero-order valence-electron chi connectivity index (χ0n) is 20.6. The highest BCUT2D eigenvalue weighted by Gasteiger charge is 2.39. The summed E-state index contributed by atoms with van der Waals surface area (Å²) in [6.45, 7) is 4.81. The van der Waals surface area contributed by atoms with E-state index in [9.17, 15) is 18.0 Å². The van der Waals surface area contributed by atoms with Gasteiger partial charge in [-0.15, -0.1) is 0 Å². The molecule has 35 heavy (non-hydrogen) atoms. The van der Waals surface area contributed by atoms with Crippen LogP contribution < -0.4 is 30.1 Å². The van der Waals surface area contributed by atoms with Crippen LogP contribution in [0.25, 0.3) is 5.57 Å². The summed E-state index contributed by atoms with van der Waals surface area (Å²) >= 11 is 0. The third kappa shape index (κ3) is 4.90. The number of rotatable bonds is 9. The highest BCUT2D eigenvalue weighted by Crippen LogP contribution is 2.42. The fourth-order valence-corrected chi connectivity index (χ4v) is 5.43. The van der Waals surface area contributed by atoms with Gasteiger partial charge in [0.1, 0.15) is 5.54 Å². The molecule has 0 aliphatic carbocycles. The van der Waals surface area contributed by atoms with Crippen molar-refractivity contribution < 1.29 is 27.5 Å². The van der Waals surface area contributed by atoms with E-state index < -0.39 is 21.5 Å². The lowest BCUT2D eigenvalue weighted by Crippen LogP contribution is -2.55. The molecule has 4 N–H and O–H groups in total. The SMILES string of the molecule is CC/C(Nc1ccc(N(C(C)(C)C(N)=O)S(C)(=O)=O)cc1)=C1/C(=O)Nc2cc(OC)c(OC)cc21. The topological polar surface area (TPSA) is 140 Å². The van der Waals surface area contributed by atoms with Crippen LogP contribution in [0.1, 0.15) is 32.8 Å². The predicted molar refractivity (Wildman–Crippen MR) is 136 cm³/mol.